The summed E-state index contributed by atoms with van der Waals surface area (Å²) in [5.41, 5.74) is 6.05. The standard InChI is InChI=1S/C12H24N2O3/c1-15-10-5-14(6-11(10)16-2)8-12(7-13)3-4-17-9-12/h10-11H,3-9,13H2,1-2H3. The van der Waals surface area contributed by atoms with E-state index in [1.54, 1.807) is 14.2 Å². The second kappa shape index (κ2) is 5.63. The van der Waals surface area contributed by atoms with Crippen LogP contribution in [0, 0.1) is 5.41 Å². The topological polar surface area (TPSA) is 57.0 Å². The van der Waals surface area contributed by atoms with Crippen molar-refractivity contribution in [2.24, 2.45) is 11.1 Å². The summed E-state index contributed by atoms with van der Waals surface area (Å²) in [6.45, 7) is 5.16. The molecular formula is C12H24N2O3. The molecule has 100 valence electrons. The van der Waals surface area contributed by atoms with Gasteiger partial charge in [-0.05, 0) is 6.42 Å². The normalized spacial score (nSPS) is 39.0. The smallest absolute Gasteiger partial charge is 0.0971 e. The zero-order chi connectivity index (χ0) is 12.3. The van der Waals surface area contributed by atoms with Gasteiger partial charge in [0.1, 0.15) is 0 Å². The molecule has 0 aliphatic carbocycles. The molecule has 2 aliphatic rings. The molecule has 2 fully saturated rings. The summed E-state index contributed by atoms with van der Waals surface area (Å²) in [5.74, 6) is 0. The van der Waals surface area contributed by atoms with Crippen molar-refractivity contribution in [2.45, 2.75) is 18.6 Å². The minimum atomic E-state index is 0.140. The van der Waals surface area contributed by atoms with Crippen LogP contribution in [-0.4, -0.2) is 70.7 Å². The van der Waals surface area contributed by atoms with E-state index in [1.807, 2.05) is 0 Å². The summed E-state index contributed by atoms with van der Waals surface area (Å²) in [7, 11) is 3.50. The number of rotatable bonds is 5. The maximum absolute atomic E-state index is 5.91. The molecule has 0 bridgehead atoms. The first-order valence-electron chi connectivity index (χ1n) is 6.29. The molecule has 3 unspecified atom stereocenters. The van der Waals surface area contributed by atoms with Crippen LogP contribution in [0.1, 0.15) is 6.42 Å². The van der Waals surface area contributed by atoms with E-state index >= 15 is 0 Å². The van der Waals surface area contributed by atoms with Gasteiger partial charge in [0.05, 0.1) is 18.8 Å². The lowest BCUT2D eigenvalue weighted by molar-refractivity contribution is -0.00461. The van der Waals surface area contributed by atoms with Gasteiger partial charge in [0.15, 0.2) is 0 Å². The molecule has 5 heteroatoms. The van der Waals surface area contributed by atoms with Crippen molar-refractivity contribution < 1.29 is 14.2 Å². The third-order valence-electron chi connectivity index (χ3n) is 4.07. The second-order valence-corrected chi connectivity index (χ2v) is 5.25. The van der Waals surface area contributed by atoms with Crippen LogP contribution in [0.2, 0.25) is 0 Å². The molecule has 2 rings (SSSR count). The summed E-state index contributed by atoms with van der Waals surface area (Å²) in [6.07, 6.45) is 1.42. The first-order valence-corrected chi connectivity index (χ1v) is 6.29. The summed E-state index contributed by atoms with van der Waals surface area (Å²) in [5, 5.41) is 0. The Bertz CT molecular complexity index is 232. The molecule has 2 N–H and O–H groups in total. The van der Waals surface area contributed by atoms with Gasteiger partial charge in [0.2, 0.25) is 0 Å². The zero-order valence-electron chi connectivity index (χ0n) is 10.9. The van der Waals surface area contributed by atoms with Gasteiger partial charge < -0.3 is 19.9 Å². The van der Waals surface area contributed by atoms with Gasteiger partial charge in [-0.25, -0.2) is 0 Å². The zero-order valence-corrected chi connectivity index (χ0v) is 10.9. The molecule has 0 saturated carbocycles. The van der Waals surface area contributed by atoms with E-state index in [-0.39, 0.29) is 17.6 Å². The number of hydrogen-bond acceptors (Lipinski definition) is 5. The highest BCUT2D eigenvalue weighted by Gasteiger charge is 2.40. The Balaban J connectivity index is 1.91. The van der Waals surface area contributed by atoms with Crippen LogP contribution in [0.15, 0.2) is 0 Å². The van der Waals surface area contributed by atoms with Gasteiger partial charge in [-0.1, -0.05) is 0 Å². The lowest BCUT2D eigenvalue weighted by Gasteiger charge is -2.30. The molecule has 0 amide bonds. The lowest BCUT2D eigenvalue weighted by Crippen LogP contribution is -2.42. The first kappa shape index (κ1) is 13.2. The van der Waals surface area contributed by atoms with Crippen LogP contribution in [0.3, 0.4) is 0 Å². The molecule has 2 heterocycles. The van der Waals surface area contributed by atoms with Crippen LogP contribution in [0.4, 0.5) is 0 Å². The van der Waals surface area contributed by atoms with Gasteiger partial charge in [-0.3, -0.25) is 4.90 Å². The fourth-order valence-electron chi connectivity index (χ4n) is 2.87. The van der Waals surface area contributed by atoms with E-state index in [0.717, 1.165) is 39.3 Å². The van der Waals surface area contributed by atoms with Crippen molar-refractivity contribution >= 4 is 0 Å². The van der Waals surface area contributed by atoms with Gasteiger partial charge in [-0.15, -0.1) is 0 Å². The molecular weight excluding hydrogens is 220 g/mol. The number of ether oxygens (including phenoxy) is 3. The first-order chi connectivity index (χ1) is 8.23. The molecule has 5 nitrogen and oxygen atoms in total. The van der Waals surface area contributed by atoms with Crippen molar-refractivity contribution in [1.82, 2.24) is 4.90 Å². The summed E-state index contributed by atoms with van der Waals surface area (Å²) in [6, 6.07) is 0. The van der Waals surface area contributed by atoms with E-state index in [0.29, 0.717) is 6.54 Å². The molecule has 2 aliphatic heterocycles. The monoisotopic (exact) mass is 244 g/mol. The number of hydrogen-bond donors (Lipinski definition) is 1. The van der Waals surface area contributed by atoms with Crippen LogP contribution in [0.5, 0.6) is 0 Å². The average molecular weight is 244 g/mol. The van der Waals surface area contributed by atoms with Crippen LogP contribution in [-0.2, 0) is 14.2 Å². The predicted octanol–water partition coefficient (Wildman–Crippen LogP) is -0.303. The number of methoxy groups -OCH3 is 2. The van der Waals surface area contributed by atoms with Crippen molar-refractivity contribution in [3.05, 3.63) is 0 Å². The highest BCUT2D eigenvalue weighted by Crippen LogP contribution is 2.30. The maximum atomic E-state index is 5.91. The number of likely N-dealkylation sites (tertiary alicyclic amines) is 1. The van der Waals surface area contributed by atoms with Gasteiger partial charge in [0, 0.05) is 52.4 Å². The summed E-state index contributed by atoms with van der Waals surface area (Å²) >= 11 is 0. The fourth-order valence-corrected chi connectivity index (χ4v) is 2.87. The third-order valence-corrected chi connectivity index (χ3v) is 4.07. The quantitative estimate of drug-likeness (QED) is 0.719. The Morgan fingerprint density at radius 3 is 2.35 bits per heavy atom. The minimum absolute atomic E-state index is 0.140. The highest BCUT2D eigenvalue weighted by molar-refractivity contribution is 4.93. The van der Waals surface area contributed by atoms with Crippen LogP contribution < -0.4 is 5.73 Å². The largest absolute Gasteiger partial charge is 0.381 e. The number of nitrogens with zero attached hydrogens (tertiary/aromatic N) is 1. The molecule has 0 aromatic rings. The van der Waals surface area contributed by atoms with E-state index < -0.39 is 0 Å². The third kappa shape index (κ3) is 2.80. The van der Waals surface area contributed by atoms with Crippen molar-refractivity contribution in [1.29, 1.82) is 0 Å². The Kier molecular flexibility index (Phi) is 4.38. The molecule has 2 saturated heterocycles. The lowest BCUT2D eigenvalue weighted by atomic mass is 9.87. The molecule has 3 atom stereocenters. The van der Waals surface area contributed by atoms with Crippen LogP contribution >= 0.6 is 0 Å². The Morgan fingerprint density at radius 1 is 1.29 bits per heavy atom. The molecule has 0 spiro atoms. The number of nitrogens with two attached hydrogens (primary N) is 1. The minimum Gasteiger partial charge on any atom is -0.381 e. The van der Waals surface area contributed by atoms with Gasteiger partial charge in [-0.2, -0.15) is 0 Å². The summed E-state index contributed by atoms with van der Waals surface area (Å²) in [4.78, 5) is 2.39. The Morgan fingerprint density at radius 2 is 1.94 bits per heavy atom. The fraction of sp³-hybridized carbons (Fsp3) is 1.00. The predicted molar refractivity (Wildman–Crippen MR) is 65.0 cm³/mol. The Hall–Kier alpha value is -0.200. The van der Waals surface area contributed by atoms with E-state index in [1.165, 1.54) is 0 Å². The van der Waals surface area contributed by atoms with Crippen molar-refractivity contribution in [3.63, 3.8) is 0 Å². The van der Waals surface area contributed by atoms with E-state index in [2.05, 4.69) is 4.90 Å². The molecule has 17 heavy (non-hydrogen) atoms. The van der Waals surface area contributed by atoms with E-state index in [4.69, 9.17) is 19.9 Å². The maximum Gasteiger partial charge on any atom is 0.0971 e. The van der Waals surface area contributed by atoms with Crippen molar-refractivity contribution in [3.8, 4) is 0 Å². The highest BCUT2D eigenvalue weighted by atomic mass is 16.5. The second-order valence-electron chi connectivity index (χ2n) is 5.25. The SMILES string of the molecule is COC1CN(CC2(CN)CCOC2)CC1OC. The molecule has 0 aromatic heterocycles. The van der Waals surface area contributed by atoms with Crippen molar-refractivity contribution in [2.75, 3.05) is 53.6 Å². The van der Waals surface area contributed by atoms with E-state index in [9.17, 15) is 0 Å². The molecule has 0 aromatic carbocycles. The van der Waals surface area contributed by atoms with Crippen LogP contribution in [0.25, 0.3) is 0 Å². The van der Waals surface area contributed by atoms with Gasteiger partial charge >= 0.3 is 0 Å². The van der Waals surface area contributed by atoms with Gasteiger partial charge in [0.25, 0.3) is 0 Å². The average Bonchev–Trinajstić information content (AvgIpc) is 2.96. The Labute approximate surface area is 103 Å². The molecule has 0 radical (unpaired) electrons. The summed E-state index contributed by atoms with van der Waals surface area (Å²) < 4.78 is 16.4.